The number of thiophene rings is 1. The molecule has 2 nitrogen and oxygen atoms in total. The van der Waals surface area contributed by atoms with Crippen LogP contribution in [0.25, 0.3) is 0 Å². The highest BCUT2D eigenvalue weighted by Crippen LogP contribution is 2.49. The smallest absolute Gasteiger partial charge is 0.188 e. The predicted molar refractivity (Wildman–Crippen MR) is 96.9 cm³/mol. The number of hydrogen-bond donors (Lipinski definition) is 1. The lowest BCUT2D eigenvalue weighted by atomic mass is 9.83. The van der Waals surface area contributed by atoms with E-state index in [2.05, 4.69) is 43.6 Å². The van der Waals surface area contributed by atoms with Crippen molar-refractivity contribution in [2.24, 2.45) is 5.92 Å². The number of rotatable bonds is 4. The maximum atomic E-state index is 10.6. The molecule has 1 saturated heterocycles. The first-order valence-corrected chi connectivity index (χ1v) is 12.2. The van der Waals surface area contributed by atoms with Gasteiger partial charge in [-0.3, -0.25) is 0 Å². The van der Waals surface area contributed by atoms with Crippen molar-refractivity contribution in [2.45, 2.75) is 58.2 Å². The van der Waals surface area contributed by atoms with Crippen molar-refractivity contribution in [1.82, 2.24) is 0 Å². The molecule has 1 aromatic heterocycles. The van der Waals surface area contributed by atoms with Crippen LogP contribution in [-0.4, -0.2) is 26.3 Å². The van der Waals surface area contributed by atoms with E-state index < -0.39 is 8.32 Å². The average molecular weight is 391 g/mol. The summed E-state index contributed by atoms with van der Waals surface area (Å²) in [6.07, 6.45) is 1.04. The Morgan fingerprint density at radius 3 is 2.38 bits per heavy atom. The van der Waals surface area contributed by atoms with Gasteiger partial charge in [0.05, 0.1) is 13.2 Å². The van der Waals surface area contributed by atoms with Crippen molar-refractivity contribution in [2.75, 3.05) is 13.2 Å². The Bertz CT molecular complexity index is 519. The van der Waals surface area contributed by atoms with E-state index in [0.717, 1.165) is 19.6 Å². The number of halogens is 1. The predicted octanol–water partition coefficient (Wildman–Crippen LogP) is 5.23. The van der Waals surface area contributed by atoms with Crippen molar-refractivity contribution in [3.05, 3.63) is 19.8 Å². The third-order valence-electron chi connectivity index (χ3n) is 5.23. The lowest BCUT2D eigenvalue weighted by Gasteiger charge is -2.38. The maximum Gasteiger partial charge on any atom is 0.188 e. The molecule has 120 valence electrons. The van der Waals surface area contributed by atoms with Gasteiger partial charge in [-0.25, -0.2) is 0 Å². The monoisotopic (exact) mass is 390 g/mol. The summed E-state index contributed by atoms with van der Waals surface area (Å²) >= 11 is 5.64. The van der Waals surface area contributed by atoms with Crippen molar-refractivity contribution in [3.8, 4) is 0 Å². The number of hydrogen-bond acceptors (Lipinski definition) is 3. The van der Waals surface area contributed by atoms with Crippen LogP contribution in [-0.2, 0) is 4.74 Å². The van der Waals surface area contributed by atoms with Crippen LogP contribution < -0.4 is 0 Å². The molecule has 1 aromatic rings. The fourth-order valence-electron chi connectivity index (χ4n) is 3.12. The van der Waals surface area contributed by atoms with Gasteiger partial charge in [0.2, 0.25) is 0 Å². The van der Waals surface area contributed by atoms with Crippen molar-refractivity contribution < 1.29 is 9.53 Å². The van der Waals surface area contributed by atoms with E-state index in [4.69, 9.17) is 4.74 Å². The molecule has 1 fully saturated rings. The van der Waals surface area contributed by atoms with E-state index in [0.29, 0.717) is 11.8 Å². The van der Waals surface area contributed by atoms with Gasteiger partial charge in [0, 0.05) is 20.1 Å². The van der Waals surface area contributed by atoms with Crippen LogP contribution in [0, 0.1) is 19.8 Å². The minimum atomic E-state index is -2.17. The van der Waals surface area contributed by atoms with Crippen LogP contribution >= 0.6 is 27.3 Å². The minimum absolute atomic E-state index is 0.00899. The summed E-state index contributed by atoms with van der Waals surface area (Å²) in [4.78, 5) is 13.3. The zero-order valence-corrected chi connectivity index (χ0v) is 17.3. The zero-order chi connectivity index (χ0) is 16.0. The molecule has 0 unspecified atom stereocenters. The molecule has 0 saturated carbocycles. The van der Waals surface area contributed by atoms with E-state index in [1.54, 1.807) is 0 Å². The molecule has 1 aliphatic rings. The number of aryl methyl sites for hydroxylation is 2. The van der Waals surface area contributed by atoms with Crippen LogP contribution in [0.4, 0.5) is 0 Å². The van der Waals surface area contributed by atoms with Gasteiger partial charge in [0.15, 0.2) is 8.32 Å². The molecule has 1 N–H and O–H groups in total. The van der Waals surface area contributed by atoms with Crippen LogP contribution in [0.1, 0.15) is 41.5 Å². The molecule has 1 aliphatic heterocycles. The molecule has 0 aromatic carbocycles. The van der Waals surface area contributed by atoms with E-state index in [1.165, 1.54) is 19.8 Å². The minimum Gasteiger partial charge on any atom is -0.432 e. The quantitative estimate of drug-likeness (QED) is 0.713. The molecule has 2 atom stereocenters. The lowest BCUT2D eigenvalue weighted by molar-refractivity contribution is 0.180. The van der Waals surface area contributed by atoms with Crippen LogP contribution in [0.3, 0.4) is 0 Å². The second kappa shape index (κ2) is 6.08. The van der Waals surface area contributed by atoms with E-state index >= 15 is 0 Å². The molecular formula is C16H27BrO2SSi. The lowest BCUT2D eigenvalue weighted by Crippen LogP contribution is -2.40. The van der Waals surface area contributed by atoms with E-state index in [1.807, 2.05) is 24.4 Å². The standard InChI is InChI=1S/C16H27BrO2SSi/c1-10-14(15(17)11(2)20-10)13-9-19-8-12(13)7-16(3,4)21(5,6)18/h12-13,18H,7-9H2,1-6H3/t12-,13-/m0/s1. The molecule has 0 aliphatic carbocycles. The Hall–Kier alpha value is 0.317. The molecule has 21 heavy (non-hydrogen) atoms. The van der Waals surface area contributed by atoms with E-state index in [9.17, 15) is 4.80 Å². The summed E-state index contributed by atoms with van der Waals surface area (Å²) in [6, 6.07) is 0. The van der Waals surface area contributed by atoms with Gasteiger partial charge < -0.3 is 9.53 Å². The molecule has 0 amide bonds. The van der Waals surface area contributed by atoms with Gasteiger partial charge in [-0.05, 0) is 65.8 Å². The Morgan fingerprint density at radius 2 is 1.90 bits per heavy atom. The van der Waals surface area contributed by atoms with Crippen LogP contribution in [0.5, 0.6) is 0 Å². The fraction of sp³-hybridized carbons (Fsp3) is 0.750. The zero-order valence-electron chi connectivity index (χ0n) is 13.9. The van der Waals surface area contributed by atoms with Crippen LogP contribution in [0.15, 0.2) is 4.47 Å². The summed E-state index contributed by atoms with van der Waals surface area (Å²) in [7, 11) is -2.17. The first-order chi connectivity index (χ1) is 9.54. The van der Waals surface area contributed by atoms with Gasteiger partial charge in [0.25, 0.3) is 0 Å². The third kappa shape index (κ3) is 3.47. The first-order valence-electron chi connectivity index (χ1n) is 7.60. The van der Waals surface area contributed by atoms with E-state index in [-0.39, 0.29) is 5.04 Å². The van der Waals surface area contributed by atoms with Gasteiger partial charge in [0.1, 0.15) is 0 Å². The molecular weight excluding hydrogens is 364 g/mol. The topological polar surface area (TPSA) is 29.5 Å². The molecule has 5 heteroatoms. The second-order valence-electron chi connectivity index (χ2n) is 7.49. The van der Waals surface area contributed by atoms with Gasteiger partial charge in [-0.15, -0.1) is 11.3 Å². The Morgan fingerprint density at radius 1 is 1.29 bits per heavy atom. The highest BCUT2D eigenvalue weighted by molar-refractivity contribution is 9.10. The Kier molecular flexibility index (Phi) is 5.11. The van der Waals surface area contributed by atoms with Gasteiger partial charge in [-0.1, -0.05) is 13.8 Å². The second-order valence-corrected chi connectivity index (χ2v) is 14.2. The largest absolute Gasteiger partial charge is 0.432 e. The van der Waals surface area contributed by atoms with Crippen molar-refractivity contribution in [1.29, 1.82) is 0 Å². The summed E-state index contributed by atoms with van der Waals surface area (Å²) in [6.45, 7) is 14.5. The number of ether oxygens (including phenoxy) is 1. The third-order valence-corrected chi connectivity index (χ3v) is 11.1. The van der Waals surface area contributed by atoms with Crippen molar-refractivity contribution >= 4 is 35.6 Å². The molecule has 0 bridgehead atoms. The summed E-state index contributed by atoms with van der Waals surface area (Å²) in [5.41, 5.74) is 1.44. The highest BCUT2D eigenvalue weighted by atomic mass is 79.9. The maximum absolute atomic E-state index is 10.6. The SMILES string of the molecule is Cc1sc(C)c([C@H]2COC[C@@H]2CC(C)(C)[Si](C)(C)O)c1Br. The summed E-state index contributed by atoms with van der Waals surface area (Å²) in [5, 5.41) is 0.00899. The Labute approximate surface area is 142 Å². The van der Waals surface area contributed by atoms with Gasteiger partial charge in [-0.2, -0.15) is 0 Å². The average Bonchev–Trinajstić information content (AvgIpc) is 2.83. The first kappa shape index (κ1) is 17.7. The molecule has 0 radical (unpaired) electrons. The molecule has 2 heterocycles. The van der Waals surface area contributed by atoms with Crippen LogP contribution in [0.2, 0.25) is 18.1 Å². The van der Waals surface area contributed by atoms with Gasteiger partial charge >= 0.3 is 0 Å². The Balaban J connectivity index is 2.26. The summed E-state index contributed by atoms with van der Waals surface area (Å²) in [5.74, 6) is 0.961. The fourth-order valence-corrected chi connectivity index (χ4v) is 5.87. The highest BCUT2D eigenvalue weighted by Gasteiger charge is 2.43. The summed E-state index contributed by atoms with van der Waals surface area (Å²) < 4.78 is 7.09. The molecule has 0 spiro atoms. The molecule has 2 rings (SSSR count). The van der Waals surface area contributed by atoms with Crippen molar-refractivity contribution in [3.63, 3.8) is 0 Å². The normalized spacial score (nSPS) is 23.8.